The van der Waals surface area contributed by atoms with E-state index >= 15 is 0 Å². The van der Waals surface area contributed by atoms with Crippen molar-refractivity contribution in [3.05, 3.63) is 63.7 Å². The lowest BCUT2D eigenvalue weighted by Gasteiger charge is -1.91. The minimum Gasteiger partial charge on any atom is -0.267 e. The molecule has 0 bridgehead atoms. The highest BCUT2D eigenvalue weighted by molar-refractivity contribution is 7.07. The first-order chi connectivity index (χ1) is 7.88. The number of nitrogens with one attached hydrogen (secondary N) is 1. The fourth-order valence-corrected chi connectivity index (χ4v) is 1.72. The lowest BCUT2D eigenvalue weighted by atomic mass is 10.2. The molecule has 3 aromatic rings. The summed E-state index contributed by atoms with van der Waals surface area (Å²) in [7, 11) is 0. The minimum atomic E-state index is -0.136. The Morgan fingerprint density at radius 2 is 1.81 bits per heavy atom. The van der Waals surface area contributed by atoms with Crippen LogP contribution in [0.1, 0.15) is 0 Å². The highest BCUT2D eigenvalue weighted by Crippen LogP contribution is 2.04. The van der Waals surface area contributed by atoms with Crippen molar-refractivity contribution in [1.29, 1.82) is 0 Å². The van der Waals surface area contributed by atoms with Gasteiger partial charge in [0, 0.05) is 10.8 Å². The molecular weight excluding hydrogens is 220 g/mol. The molecule has 0 aliphatic rings. The molecule has 0 spiro atoms. The number of H-pyrrole nitrogens is 1. The van der Waals surface area contributed by atoms with E-state index in [1.54, 1.807) is 23.6 Å². The Hall–Kier alpha value is -1.94. The Morgan fingerprint density at radius 1 is 1.06 bits per heavy atom. The van der Waals surface area contributed by atoms with Crippen LogP contribution in [0.3, 0.4) is 0 Å². The number of aromatic nitrogens is 2. The van der Waals surface area contributed by atoms with Crippen molar-refractivity contribution in [1.82, 2.24) is 10.2 Å². The van der Waals surface area contributed by atoms with Crippen LogP contribution in [-0.2, 0) is 0 Å². The molecule has 16 heavy (non-hydrogen) atoms. The molecule has 3 nitrogen and oxygen atoms in total. The van der Waals surface area contributed by atoms with Crippen LogP contribution < -0.4 is 5.56 Å². The van der Waals surface area contributed by atoms with Crippen LogP contribution in [0.15, 0.2) is 58.1 Å². The largest absolute Gasteiger partial charge is 0.272 e. The van der Waals surface area contributed by atoms with E-state index in [2.05, 4.69) is 10.2 Å². The molecule has 4 heteroatoms. The Morgan fingerprint density at radius 3 is 2.44 bits per heavy atom. The molecule has 0 atom stereocenters. The highest BCUT2D eigenvalue weighted by Gasteiger charge is 1.93. The molecule has 0 unspecified atom stereocenters. The molecule has 0 saturated heterocycles. The van der Waals surface area contributed by atoms with E-state index in [4.69, 9.17) is 0 Å². The molecule has 2 aromatic heterocycles. The topological polar surface area (TPSA) is 45.8 Å². The molecule has 0 aliphatic carbocycles. The summed E-state index contributed by atoms with van der Waals surface area (Å²) in [5.74, 6) is 0. The van der Waals surface area contributed by atoms with Gasteiger partial charge in [-0.1, -0.05) is 30.3 Å². The number of fused-ring (bicyclic) bond motifs is 1. The van der Waals surface area contributed by atoms with E-state index in [1.165, 1.54) is 0 Å². The minimum absolute atomic E-state index is 0.136. The lowest BCUT2D eigenvalue weighted by molar-refractivity contribution is 1.01. The summed E-state index contributed by atoms with van der Waals surface area (Å²) in [4.78, 5) is 11.1. The van der Waals surface area contributed by atoms with E-state index in [0.29, 0.717) is 5.39 Å². The fourth-order valence-electron chi connectivity index (χ4n) is 1.26. The molecule has 0 fully saturated rings. The van der Waals surface area contributed by atoms with Gasteiger partial charge in [0.2, 0.25) is 0 Å². The van der Waals surface area contributed by atoms with Gasteiger partial charge in [0.15, 0.2) is 0 Å². The summed E-state index contributed by atoms with van der Waals surface area (Å²) in [6.07, 6.45) is 1.64. The van der Waals surface area contributed by atoms with Crippen LogP contribution in [0.25, 0.3) is 10.8 Å². The second kappa shape index (κ2) is 5.23. The van der Waals surface area contributed by atoms with Crippen LogP contribution in [0.5, 0.6) is 0 Å². The number of hydrogen-bond acceptors (Lipinski definition) is 3. The van der Waals surface area contributed by atoms with E-state index in [0.717, 1.165) is 5.39 Å². The van der Waals surface area contributed by atoms with Crippen molar-refractivity contribution in [2.75, 3.05) is 0 Å². The number of hydrogen-bond donors (Lipinski definition) is 1. The average molecular weight is 230 g/mol. The molecule has 80 valence electrons. The maximum Gasteiger partial charge on any atom is 0.272 e. The van der Waals surface area contributed by atoms with Crippen LogP contribution in [0, 0.1) is 0 Å². The molecule has 1 aromatic carbocycles. The Bertz CT molecular complexity index is 579. The van der Waals surface area contributed by atoms with Crippen LogP contribution in [0.2, 0.25) is 0 Å². The van der Waals surface area contributed by atoms with E-state index in [1.807, 2.05) is 41.1 Å². The second-order valence-corrected chi connectivity index (χ2v) is 3.90. The van der Waals surface area contributed by atoms with Crippen LogP contribution in [-0.4, -0.2) is 10.2 Å². The molecule has 2 heterocycles. The van der Waals surface area contributed by atoms with Gasteiger partial charge in [-0.25, -0.2) is 5.10 Å². The van der Waals surface area contributed by atoms with Crippen LogP contribution >= 0.6 is 11.3 Å². The van der Waals surface area contributed by atoms with Gasteiger partial charge in [-0.05, 0) is 16.8 Å². The fraction of sp³-hybridized carbons (Fsp3) is 0. The number of nitrogens with zero attached hydrogens (tertiary/aromatic N) is 1. The van der Waals surface area contributed by atoms with Crippen molar-refractivity contribution >= 4 is 22.1 Å². The smallest absolute Gasteiger partial charge is 0.267 e. The van der Waals surface area contributed by atoms with Crippen molar-refractivity contribution in [3.8, 4) is 0 Å². The maximum absolute atomic E-state index is 11.1. The number of aromatic amines is 1. The van der Waals surface area contributed by atoms with Crippen molar-refractivity contribution in [2.45, 2.75) is 0 Å². The number of benzene rings is 1. The highest BCUT2D eigenvalue weighted by atomic mass is 32.1. The zero-order chi connectivity index (χ0) is 11.2. The van der Waals surface area contributed by atoms with Gasteiger partial charge in [0.25, 0.3) is 5.56 Å². The first kappa shape index (κ1) is 10.6. The zero-order valence-electron chi connectivity index (χ0n) is 8.46. The van der Waals surface area contributed by atoms with E-state index < -0.39 is 0 Å². The summed E-state index contributed by atoms with van der Waals surface area (Å²) in [6, 6.07) is 11.4. The maximum atomic E-state index is 11.1. The van der Waals surface area contributed by atoms with E-state index in [-0.39, 0.29) is 5.56 Å². The molecule has 0 amide bonds. The van der Waals surface area contributed by atoms with Gasteiger partial charge < -0.3 is 0 Å². The zero-order valence-corrected chi connectivity index (χ0v) is 9.28. The predicted octanol–water partition coefficient (Wildman–Crippen LogP) is 2.67. The van der Waals surface area contributed by atoms with Gasteiger partial charge in [-0.15, -0.1) is 0 Å². The predicted molar refractivity (Wildman–Crippen MR) is 66.7 cm³/mol. The molecule has 0 radical (unpaired) electrons. The van der Waals surface area contributed by atoms with Gasteiger partial charge in [-0.3, -0.25) is 4.79 Å². The molecular formula is C12H10N2OS. The first-order valence-corrected chi connectivity index (χ1v) is 5.72. The van der Waals surface area contributed by atoms with Gasteiger partial charge in [0.05, 0.1) is 6.20 Å². The van der Waals surface area contributed by atoms with E-state index in [9.17, 15) is 4.79 Å². The first-order valence-electron chi connectivity index (χ1n) is 4.77. The lowest BCUT2D eigenvalue weighted by Crippen LogP contribution is -2.06. The van der Waals surface area contributed by atoms with Crippen molar-refractivity contribution in [2.24, 2.45) is 0 Å². The Balaban J connectivity index is 0.000000162. The summed E-state index contributed by atoms with van der Waals surface area (Å²) in [5, 5.41) is 11.7. The molecule has 0 aliphatic heterocycles. The van der Waals surface area contributed by atoms with Crippen molar-refractivity contribution in [3.63, 3.8) is 0 Å². The third-order valence-electron chi connectivity index (χ3n) is 2.00. The monoisotopic (exact) mass is 230 g/mol. The van der Waals surface area contributed by atoms with Crippen LogP contribution in [0.4, 0.5) is 0 Å². The quantitative estimate of drug-likeness (QED) is 0.645. The number of thiophene rings is 1. The summed E-state index contributed by atoms with van der Waals surface area (Å²) >= 11 is 1.71. The summed E-state index contributed by atoms with van der Waals surface area (Å²) < 4.78 is 0. The third kappa shape index (κ3) is 2.55. The Kier molecular flexibility index (Phi) is 3.46. The Labute approximate surface area is 96.4 Å². The number of rotatable bonds is 0. The second-order valence-electron chi connectivity index (χ2n) is 3.08. The van der Waals surface area contributed by atoms with Gasteiger partial charge in [-0.2, -0.15) is 16.4 Å². The average Bonchev–Trinajstić information content (AvgIpc) is 2.88. The standard InChI is InChI=1S/C8H6N2O.C4H4S/c11-8-7-4-2-1-3-6(7)5-9-10-8;1-2-4-5-3-1/h1-5H,(H,10,11);1-4H. The van der Waals surface area contributed by atoms with Crippen molar-refractivity contribution < 1.29 is 0 Å². The molecule has 1 N–H and O–H groups in total. The van der Waals surface area contributed by atoms with Gasteiger partial charge >= 0.3 is 0 Å². The summed E-state index contributed by atoms with van der Waals surface area (Å²) in [5.41, 5.74) is -0.136. The molecule has 0 saturated carbocycles. The normalized spacial score (nSPS) is 9.50. The molecule has 3 rings (SSSR count). The SMILES string of the molecule is O=c1[nH]ncc2ccccc12.c1ccsc1. The van der Waals surface area contributed by atoms with Gasteiger partial charge in [0.1, 0.15) is 0 Å². The third-order valence-corrected chi connectivity index (χ3v) is 2.63. The summed E-state index contributed by atoms with van der Waals surface area (Å²) in [6.45, 7) is 0.